The van der Waals surface area contributed by atoms with E-state index in [2.05, 4.69) is 68.4 Å². The Balaban J connectivity index is 1.54. The van der Waals surface area contributed by atoms with E-state index in [9.17, 15) is 5.26 Å². The summed E-state index contributed by atoms with van der Waals surface area (Å²) in [6, 6.07) is 21.0. The van der Waals surface area contributed by atoms with Gasteiger partial charge in [-0.15, -0.1) is 0 Å². The van der Waals surface area contributed by atoms with Gasteiger partial charge in [-0.3, -0.25) is 0 Å². The molecule has 3 rings (SSSR count). The van der Waals surface area contributed by atoms with Gasteiger partial charge in [0.2, 0.25) is 0 Å². The van der Waals surface area contributed by atoms with Crippen LogP contribution in [0.3, 0.4) is 0 Å². The average Bonchev–Trinajstić information content (AvgIpc) is 2.80. The first-order chi connectivity index (χ1) is 14.7. The average molecular weight is 402 g/mol. The molecule has 30 heavy (non-hydrogen) atoms. The second-order valence-corrected chi connectivity index (χ2v) is 9.40. The molecule has 0 radical (unpaired) electrons. The molecule has 2 aromatic rings. The highest BCUT2D eigenvalue weighted by Crippen LogP contribution is 2.45. The summed E-state index contributed by atoms with van der Waals surface area (Å²) in [7, 11) is 0. The molecule has 0 atom stereocenters. The number of nitriles is 1. The van der Waals surface area contributed by atoms with Crippen molar-refractivity contribution in [3.63, 3.8) is 0 Å². The molecule has 2 aromatic carbocycles. The van der Waals surface area contributed by atoms with Crippen molar-refractivity contribution in [3.8, 4) is 17.2 Å². The van der Waals surface area contributed by atoms with Crippen LogP contribution in [0.2, 0.25) is 0 Å². The van der Waals surface area contributed by atoms with Gasteiger partial charge in [-0.2, -0.15) is 5.26 Å². The maximum Gasteiger partial charge on any atom is 0.0689 e. The number of benzene rings is 2. The quantitative estimate of drug-likeness (QED) is 0.365. The lowest BCUT2D eigenvalue weighted by Crippen LogP contribution is -2.25. The Labute approximate surface area is 184 Å². The van der Waals surface area contributed by atoms with E-state index < -0.39 is 0 Å². The first-order valence-electron chi connectivity index (χ1n) is 12.3. The van der Waals surface area contributed by atoms with Gasteiger partial charge < -0.3 is 0 Å². The molecule has 0 unspecified atom stereocenters. The molecular formula is C29H39N. The number of unbranched alkanes of at least 4 members (excludes halogenated alkanes) is 4. The van der Waals surface area contributed by atoms with Crippen LogP contribution >= 0.6 is 0 Å². The van der Waals surface area contributed by atoms with Gasteiger partial charge in [0.1, 0.15) is 0 Å². The molecule has 0 N–H and O–H groups in total. The molecule has 1 heteroatoms. The van der Waals surface area contributed by atoms with E-state index in [1.165, 1.54) is 60.8 Å². The van der Waals surface area contributed by atoms with E-state index in [0.717, 1.165) is 38.5 Å². The molecule has 0 saturated heterocycles. The Morgan fingerprint density at radius 1 is 0.800 bits per heavy atom. The molecule has 1 fully saturated rings. The summed E-state index contributed by atoms with van der Waals surface area (Å²) in [5.41, 5.74) is 5.48. The van der Waals surface area contributed by atoms with E-state index in [0.29, 0.717) is 5.92 Å². The largest absolute Gasteiger partial charge is 0.198 e. The van der Waals surface area contributed by atoms with Crippen molar-refractivity contribution >= 4 is 0 Å². The minimum absolute atomic E-state index is 0.0526. The molecule has 0 bridgehead atoms. The molecule has 0 aliphatic heterocycles. The summed E-state index contributed by atoms with van der Waals surface area (Å²) in [5, 5.41) is 9.64. The fourth-order valence-electron chi connectivity index (χ4n) is 5.14. The van der Waals surface area contributed by atoms with Crippen molar-refractivity contribution < 1.29 is 0 Å². The minimum Gasteiger partial charge on any atom is -0.198 e. The summed E-state index contributed by atoms with van der Waals surface area (Å²) in [4.78, 5) is 0. The number of aryl methyl sites for hydroxylation is 1. The monoisotopic (exact) mass is 401 g/mol. The Bertz CT molecular complexity index is 786. The van der Waals surface area contributed by atoms with Crippen LogP contribution in [0.4, 0.5) is 0 Å². The third kappa shape index (κ3) is 5.98. The van der Waals surface area contributed by atoms with E-state index in [-0.39, 0.29) is 5.41 Å². The maximum absolute atomic E-state index is 9.64. The molecule has 0 heterocycles. The second kappa shape index (κ2) is 11.4. The van der Waals surface area contributed by atoms with Gasteiger partial charge in [-0.05, 0) is 73.1 Å². The molecule has 0 spiro atoms. The maximum atomic E-state index is 9.64. The van der Waals surface area contributed by atoms with E-state index in [1.807, 2.05) is 0 Å². The lowest BCUT2D eigenvalue weighted by molar-refractivity contribution is 0.228. The van der Waals surface area contributed by atoms with Crippen molar-refractivity contribution in [2.24, 2.45) is 5.41 Å². The van der Waals surface area contributed by atoms with Crippen LogP contribution < -0.4 is 0 Å². The standard InChI is InChI=1S/C29H39N/c1-3-5-6-7-8-9-24-10-12-25(13-11-24)26-14-16-27(17-15-26)28-18-21-29(23-30,20-4-2)22-19-28/h10-17,28H,3-9,18-22H2,1-2H3. The SMILES string of the molecule is CCCCCCCc1ccc(-c2ccc(C3CCC(C#N)(CCC)CC3)cc2)cc1. The smallest absolute Gasteiger partial charge is 0.0689 e. The van der Waals surface area contributed by atoms with Crippen LogP contribution in [-0.4, -0.2) is 0 Å². The van der Waals surface area contributed by atoms with E-state index >= 15 is 0 Å². The number of rotatable bonds is 10. The van der Waals surface area contributed by atoms with Gasteiger partial charge in [0.15, 0.2) is 0 Å². The molecule has 0 aromatic heterocycles. The van der Waals surface area contributed by atoms with Crippen LogP contribution in [0.1, 0.15) is 102 Å². The van der Waals surface area contributed by atoms with Crippen LogP contribution in [0.5, 0.6) is 0 Å². The Kier molecular flexibility index (Phi) is 8.56. The highest BCUT2D eigenvalue weighted by molar-refractivity contribution is 5.64. The van der Waals surface area contributed by atoms with Gasteiger partial charge in [0, 0.05) is 0 Å². The topological polar surface area (TPSA) is 23.8 Å². The zero-order chi connectivity index (χ0) is 21.2. The lowest BCUT2D eigenvalue weighted by atomic mass is 9.68. The summed E-state index contributed by atoms with van der Waals surface area (Å²) >= 11 is 0. The van der Waals surface area contributed by atoms with Crippen LogP contribution in [0, 0.1) is 16.7 Å². The molecular weight excluding hydrogens is 362 g/mol. The Morgan fingerprint density at radius 2 is 1.40 bits per heavy atom. The summed E-state index contributed by atoms with van der Waals surface area (Å²) in [5.74, 6) is 0.618. The van der Waals surface area contributed by atoms with Gasteiger partial charge in [0.05, 0.1) is 11.5 Å². The number of hydrogen-bond acceptors (Lipinski definition) is 1. The lowest BCUT2D eigenvalue weighted by Gasteiger charge is -2.35. The third-order valence-corrected chi connectivity index (χ3v) is 7.15. The van der Waals surface area contributed by atoms with Crippen molar-refractivity contribution in [2.45, 2.75) is 96.8 Å². The van der Waals surface area contributed by atoms with Crippen molar-refractivity contribution in [1.29, 1.82) is 5.26 Å². The highest BCUT2D eigenvalue weighted by Gasteiger charge is 2.34. The first-order valence-corrected chi connectivity index (χ1v) is 12.3. The van der Waals surface area contributed by atoms with Crippen molar-refractivity contribution in [2.75, 3.05) is 0 Å². The summed E-state index contributed by atoms with van der Waals surface area (Å²) in [6.07, 6.45) is 14.5. The summed E-state index contributed by atoms with van der Waals surface area (Å²) < 4.78 is 0. The minimum atomic E-state index is -0.0526. The third-order valence-electron chi connectivity index (χ3n) is 7.15. The molecule has 160 valence electrons. The molecule has 1 saturated carbocycles. The van der Waals surface area contributed by atoms with Crippen molar-refractivity contribution in [1.82, 2.24) is 0 Å². The highest BCUT2D eigenvalue weighted by atomic mass is 14.4. The zero-order valence-corrected chi connectivity index (χ0v) is 19.1. The van der Waals surface area contributed by atoms with Crippen molar-refractivity contribution in [3.05, 3.63) is 59.7 Å². The van der Waals surface area contributed by atoms with Crippen LogP contribution in [0.25, 0.3) is 11.1 Å². The van der Waals surface area contributed by atoms with Gasteiger partial charge in [-0.1, -0.05) is 94.5 Å². The number of nitrogens with zero attached hydrogens (tertiary/aromatic N) is 1. The first kappa shape index (κ1) is 22.6. The zero-order valence-electron chi connectivity index (χ0n) is 19.1. The second-order valence-electron chi connectivity index (χ2n) is 9.40. The molecule has 1 aliphatic carbocycles. The van der Waals surface area contributed by atoms with E-state index in [1.54, 1.807) is 0 Å². The van der Waals surface area contributed by atoms with Crippen LogP contribution in [-0.2, 0) is 6.42 Å². The van der Waals surface area contributed by atoms with Crippen LogP contribution in [0.15, 0.2) is 48.5 Å². The van der Waals surface area contributed by atoms with Gasteiger partial charge in [0.25, 0.3) is 0 Å². The predicted molar refractivity (Wildman–Crippen MR) is 129 cm³/mol. The molecule has 0 amide bonds. The predicted octanol–water partition coefficient (Wildman–Crippen LogP) is 8.83. The van der Waals surface area contributed by atoms with Gasteiger partial charge in [-0.25, -0.2) is 0 Å². The normalized spacial score (nSPS) is 21.3. The Morgan fingerprint density at radius 3 is 1.97 bits per heavy atom. The molecule has 1 aliphatic rings. The molecule has 1 nitrogen and oxygen atoms in total. The summed E-state index contributed by atoms with van der Waals surface area (Å²) in [6.45, 7) is 4.47. The fraction of sp³-hybridized carbons (Fsp3) is 0.552. The Hall–Kier alpha value is -2.07. The van der Waals surface area contributed by atoms with E-state index in [4.69, 9.17) is 0 Å². The van der Waals surface area contributed by atoms with Gasteiger partial charge >= 0.3 is 0 Å². The number of hydrogen-bond donors (Lipinski definition) is 0. The fourth-order valence-corrected chi connectivity index (χ4v) is 5.14.